The van der Waals surface area contributed by atoms with Crippen molar-refractivity contribution in [3.63, 3.8) is 0 Å². The van der Waals surface area contributed by atoms with Gasteiger partial charge < -0.3 is 15.0 Å². The zero-order chi connectivity index (χ0) is 15.4. The maximum atomic E-state index is 11.9. The van der Waals surface area contributed by atoms with E-state index in [1.165, 1.54) is 37.7 Å². The number of benzene rings is 1. The third-order valence-electron chi connectivity index (χ3n) is 2.70. The van der Waals surface area contributed by atoms with Crippen molar-refractivity contribution >= 4 is 17.3 Å². The maximum absolute atomic E-state index is 11.9. The summed E-state index contributed by atoms with van der Waals surface area (Å²) >= 11 is 0. The van der Waals surface area contributed by atoms with Crippen LogP contribution in [0, 0.1) is 10.1 Å². The van der Waals surface area contributed by atoms with Gasteiger partial charge in [-0.1, -0.05) is 0 Å². The van der Waals surface area contributed by atoms with Gasteiger partial charge in [-0.25, -0.2) is 0 Å². The Morgan fingerprint density at radius 3 is 2.76 bits per heavy atom. The number of H-pyrrole nitrogens is 1. The number of nitro groups is 1. The lowest BCUT2D eigenvalue weighted by Gasteiger charge is -2.06. The largest absolute Gasteiger partial charge is 0.490 e. The molecule has 1 aromatic carbocycles. The molecule has 0 aliphatic rings. The predicted molar refractivity (Wildman–Crippen MR) is 74.7 cm³/mol. The highest BCUT2D eigenvalue weighted by atomic mass is 16.6. The van der Waals surface area contributed by atoms with Gasteiger partial charge in [0.05, 0.1) is 12.0 Å². The average Bonchev–Trinajstić information content (AvgIpc) is 2.47. The van der Waals surface area contributed by atoms with E-state index in [1.54, 1.807) is 0 Å². The standard InChI is InChI=1S/C13H11N3O5/c1-21-12-3-2-8(6-10(12)16(19)20)15-13(18)9-7-14-5-4-11(9)17/h2-7H,1H3,(H,14,17)(H,15,18). The summed E-state index contributed by atoms with van der Waals surface area (Å²) in [7, 11) is 1.31. The summed E-state index contributed by atoms with van der Waals surface area (Å²) in [5.41, 5.74) is -0.627. The van der Waals surface area contributed by atoms with Crippen molar-refractivity contribution < 1.29 is 14.5 Å². The molecule has 1 heterocycles. The van der Waals surface area contributed by atoms with Crippen molar-refractivity contribution in [3.8, 4) is 5.75 Å². The minimum absolute atomic E-state index is 0.0792. The molecule has 8 nitrogen and oxygen atoms in total. The molecular weight excluding hydrogens is 278 g/mol. The Labute approximate surface area is 118 Å². The normalized spacial score (nSPS) is 9.95. The molecule has 0 unspecified atom stereocenters. The fourth-order valence-electron chi connectivity index (χ4n) is 1.70. The van der Waals surface area contributed by atoms with E-state index in [9.17, 15) is 19.7 Å². The maximum Gasteiger partial charge on any atom is 0.312 e. The van der Waals surface area contributed by atoms with Crippen molar-refractivity contribution in [1.29, 1.82) is 0 Å². The van der Waals surface area contributed by atoms with Crippen LogP contribution in [0.3, 0.4) is 0 Å². The van der Waals surface area contributed by atoms with Gasteiger partial charge in [-0.2, -0.15) is 0 Å². The number of nitrogens with one attached hydrogen (secondary N) is 2. The Morgan fingerprint density at radius 1 is 1.38 bits per heavy atom. The number of nitro benzene ring substituents is 1. The van der Waals surface area contributed by atoms with Crippen LogP contribution in [0.2, 0.25) is 0 Å². The van der Waals surface area contributed by atoms with Crippen LogP contribution in [-0.4, -0.2) is 22.9 Å². The van der Waals surface area contributed by atoms with Crippen molar-refractivity contribution in [3.05, 3.63) is 62.6 Å². The minimum atomic E-state index is -0.656. The summed E-state index contributed by atoms with van der Waals surface area (Å²) < 4.78 is 4.86. The van der Waals surface area contributed by atoms with Gasteiger partial charge in [-0.3, -0.25) is 19.7 Å². The molecule has 2 rings (SSSR count). The van der Waals surface area contributed by atoms with Gasteiger partial charge in [0.2, 0.25) is 0 Å². The molecule has 108 valence electrons. The van der Waals surface area contributed by atoms with E-state index in [2.05, 4.69) is 10.3 Å². The Morgan fingerprint density at radius 2 is 2.14 bits per heavy atom. The van der Waals surface area contributed by atoms with Crippen LogP contribution >= 0.6 is 0 Å². The Bertz CT molecular complexity index is 753. The summed E-state index contributed by atoms with van der Waals surface area (Å²) in [6, 6.07) is 5.18. The number of aromatic nitrogens is 1. The first-order chi connectivity index (χ1) is 10.0. The van der Waals surface area contributed by atoms with Gasteiger partial charge >= 0.3 is 5.69 Å². The van der Waals surface area contributed by atoms with Crippen LogP contribution in [0.4, 0.5) is 11.4 Å². The number of carbonyl (C=O) groups is 1. The first kappa shape index (κ1) is 14.3. The smallest absolute Gasteiger partial charge is 0.312 e. The molecule has 0 aliphatic heterocycles. The molecule has 1 aromatic heterocycles. The number of rotatable bonds is 4. The lowest BCUT2D eigenvalue weighted by Crippen LogP contribution is -2.20. The molecule has 21 heavy (non-hydrogen) atoms. The Hall–Kier alpha value is -3.16. The van der Waals surface area contributed by atoms with Gasteiger partial charge in [-0.15, -0.1) is 0 Å². The van der Waals surface area contributed by atoms with E-state index >= 15 is 0 Å². The van der Waals surface area contributed by atoms with Crippen LogP contribution in [0.25, 0.3) is 0 Å². The molecule has 0 radical (unpaired) electrons. The molecule has 0 bridgehead atoms. The first-order valence-electron chi connectivity index (χ1n) is 5.84. The second kappa shape index (κ2) is 5.87. The zero-order valence-corrected chi connectivity index (χ0v) is 11.0. The lowest BCUT2D eigenvalue weighted by atomic mass is 10.2. The van der Waals surface area contributed by atoms with Gasteiger partial charge in [0.15, 0.2) is 11.2 Å². The number of nitrogens with zero attached hydrogens (tertiary/aromatic N) is 1. The second-order valence-electron chi connectivity index (χ2n) is 4.02. The number of pyridine rings is 1. The summed E-state index contributed by atoms with van der Waals surface area (Å²) in [5.74, 6) is -0.577. The van der Waals surface area contributed by atoms with E-state index in [0.29, 0.717) is 0 Å². The van der Waals surface area contributed by atoms with Gasteiger partial charge in [0, 0.05) is 30.2 Å². The van der Waals surface area contributed by atoms with E-state index in [-0.39, 0.29) is 22.7 Å². The summed E-state index contributed by atoms with van der Waals surface area (Å²) in [4.78, 5) is 36.4. The second-order valence-corrected chi connectivity index (χ2v) is 4.02. The molecule has 2 aromatic rings. The number of carbonyl (C=O) groups excluding carboxylic acids is 1. The van der Waals surface area contributed by atoms with Crippen molar-refractivity contribution in [2.24, 2.45) is 0 Å². The SMILES string of the molecule is COc1ccc(NC(=O)c2c[nH]ccc2=O)cc1[N+](=O)[O-]. The van der Waals surface area contributed by atoms with Crippen LogP contribution in [0.1, 0.15) is 10.4 Å². The van der Waals surface area contributed by atoms with Crippen molar-refractivity contribution in [2.75, 3.05) is 12.4 Å². The molecule has 0 fully saturated rings. The number of hydrogen-bond acceptors (Lipinski definition) is 5. The topological polar surface area (TPSA) is 114 Å². The summed E-state index contributed by atoms with van der Waals surface area (Å²) in [6.07, 6.45) is 2.66. The highest BCUT2D eigenvalue weighted by molar-refractivity contribution is 6.04. The molecule has 0 saturated carbocycles. The van der Waals surface area contributed by atoms with Crippen molar-refractivity contribution in [1.82, 2.24) is 4.98 Å². The minimum Gasteiger partial charge on any atom is -0.490 e. The lowest BCUT2D eigenvalue weighted by molar-refractivity contribution is -0.385. The van der Waals surface area contributed by atoms with E-state index < -0.39 is 16.3 Å². The Balaban J connectivity index is 2.30. The van der Waals surface area contributed by atoms with Gasteiger partial charge in [-0.05, 0) is 12.1 Å². The number of aromatic amines is 1. The molecule has 8 heteroatoms. The van der Waals surface area contributed by atoms with E-state index in [1.807, 2.05) is 0 Å². The highest BCUT2D eigenvalue weighted by Crippen LogP contribution is 2.29. The molecule has 1 amide bonds. The molecule has 0 saturated heterocycles. The number of methoxy groups -OCH3 is 1. The number of hydrogen-bond donors (Lipinski definition) is 2. The molecule has 2 N–H and O–H groups in total. The van der Waals surface area contributed by atoms with Crippen LogP contribution in [0.15, 0.2) is 41.5 Å². The quantitative estimate of drug-likeness (QED) is 0.654. The van der Waals surface area contributed by atoms with Crippen molar-refractivity contribution in [2.45, 2.75) is 0 Å². The third kappa shape index (κ3) is 3.06. The molecular formula is C13H11N3O5. The summed E-state index contributed by atoms with van der Waals surface area (Å²) in [6.45, 7) is 0. The fraction of sp³-hybridized carbons (Fsp3) is 0.0769. The average molecular weight is 289 g/mol. The number of anilines is 1. The molecule has 0 spiro atoms. The number of amides is 1. The zero-order valence-electron chi connectivity index (χ0n) is 11.0. The van der Waals surface area contributed by atoms with E-state index in [0.717, 1.165) is 6.07 Å². The van der Waals surface area contributed by atoms with Gasteiger partial charge in [0.1, 0.15) is 5.56 Å². The predicted octanol–water partition coefficient (Wildman–Crippen LogP) is 1.54. The Kier molecular flexibility index (Phi) is 3.98. The van der Waals surface area contributed by atoms with E-state index in [4.69, 9.17) is 4.74 Å². The van der Waals surface area contributed by atoms with Crippen LogP contribution < -0.4 is 15.5 Å². The molecule has 0 aliphatic carbocycles. The monoisotopic (exact) mass is 289 g/mol. The first-order valence-corrected chi connectivity index (χ1v) is 5.84. The summed E-state index contributed by atoms with van der Waals surface area (Å²) in [5, 5.41) is 13.3. The third-order valence-corrected chi connectivity index (χ3v) is 2.70. The fourth-order valence-corrected chi connectivity index (χ4v) is 1.70. The number of ether oxygens (including phenoxy) is 1. The van der Waals surface area contributed by atoms with Crippen LogP contribution in [0.5, 0.6) is 5.75 Å². The van der Waals surface area contributed by atoms with Crippen LogP contribution in [-0.2, 0) is 0 Å². The molecule has 0 atom stereocenters. The highest BCUT2D eigenvalue weighted by Gasteiger charge is 2.17. The van der Waals surface area contributed by atoms with Gasteiger partial charge in [0.25, 0.3) is 5.91 Å².